The molecule has 8 heteroatoms. The summed E-state index contributed by atoms with van der Waals surface area (Å²) in [5.74, 6) is -1.22. The summed E-state index contributed by atoms with van der Waals surface area (Å²) in [5.41, 5.74) is 1.25. The van der Waals surface area contributed by atoms with Crippen LogP contribution in [-0.2, 0) is 36.7 Å². The lowest BCUT2D eigenvalue weighted by molar-refractivity contribution is -0.156. The van der Waals surface area contributed by atoms with Crippen molar-refractivity contribution in [2.75, 3.05) is 20.2 Å². The lowest BCUT2D eigenvalue weighted by Crippen LogP contribution is -2.54. The highest BCUT2D eigenvalue weighted by molar-refractivity contribution is 14.1. The van der Waals surface area contributed by atoms with Gasteiger partial charge < -0.3 is 14.4 Å². The van der Waals surface area contributed by atoms with Crippen molar-refractivity contribution in [1.29, 1.82) is 0 Å². The summed E-state index contributed by atoms with van der Waals surface area (Å²) in [5, 5.41) is 3.05. The lowest BCUT2D eigenvalue weighted by Gasteiger charge is -2.31. The van der Waals surface area contributed by atoms with E-state index in [0.29, 0.717) is 12.8 Å². The zero-order valence-electron chi connectivity index (χ0n) is 21.0. The lowest BCUT2D eigenvalue weighted by atomic mass is 10.0. The first-order valence-corrected chi connectivity index (χ1v) is 12.8. The van der Waals surface area contributed by atoms with Gasteiger partial charge in [-0.25, -0.2) is 4.79 Å². The molecule has 2 unspecified atom stereocenters. The summed E-state index contributed by atoms with van der Waals surface area (Å²) in [6, 6.07) is 15.7. The number of halogens is 1. The zero-order chi connectivity index (χ0) is 26.0. The Kier molecular flexibility index (Phi) is 11.2. The molecule has 2 atom stereocenters. The Bertz CT molecular complexity index is 991. The first-order valence-electron chi connectivity index (χ1n) is 11.7. The fourth-order valence-corrected chi connectivity index (χ4v) is 4.18. The topological polar surface area (TPSA) is 84.9 Å². The Morgan fingerprint density at radius 1 is 1.00 bits per heavy atom. The summed E-state index contributed by atoms with van der Waals surface area (Å²) in [7, 11) is 1.60. The molecular weight excluding hydrogens is 559 g/mol. The van der Waals surface area contributed by atoms with Crippen molar-refractivity contribution in [2.45, 2.75) is 58.2 Å². The van der Waals surface area contributed by atoms with Crippen LogP contribution in [0.4, 0.5) is 0 Å². The maximum atomic E-state index is 13.7. The van der Waals surface area contributed by atoms with Gasteiger partial charge in [0, 0.05) is 17.0 Å². The second-order valence-electron chi connectivity index (χ2n) is 9.22. The summed E-state index contributed by atoms with van der Waals surface area (Å²) in [6.07, 6.45) is 0.676. The van der Waals surface area contributed by atoms with E-state index in [1.54, 1.807) is 34.7 Å². The first-order chi connectivity index (χ1) is 16.5. The Labute approximate surface area is 221 Å². The van der Waals surface area contributed by atoms with Crippen LogP contribution in [0.25, 0.3) is 0 Å². The standard InChI is InChI=1S/C27H35IN2O5/c1-6-34-26(33)23(17-20-14-10-11-15-21(20)28)30(5)25(32)22(16-19-12-8-7-9-13-19)29-18-24(31)35-27(2,3)4/h7-15,22-23,29H,6,16-18H2,1-5H3. The van der Waals surface area contributed by atoms with Crippen molar-refractivity contribution >= 4 is 40.4 Å². The van der Waals surface area contributed by atoms with Gasteiger partial charge in [-0.1, -0.05) is 48.5 Å². The van der Waals surface area contributed by atoms with Crippen LogP contribution >= 0.6 is 22.6 Å². The van der Waals surface area contributed by atoms with Crippen LogP contribution in [0.2, 0.25) is 0 Å². The fraction of sp³-hybridized carbons (Fsp3) is 0.444. The molecule has 1 N–H and O–H groups in total. The van der Waals surface area contributed by atoms with Gasteiger partial charge in [-0.2, -0.15) is 0 Å². The Morgan fingerprint density at radius 2 is 1.63 bits per heavy atom. The molecule has 0 heterocycles. The molecule has 190 valence electrons. The van der Waals surface area contributed by atoms with E-state index < -0.39 is 29.6 Å². The zero-order valence-corrected chi connectivity index (χ0v) is 23.2. The molecular formula is C27H35IN2O5. The molecule has 0 saturated heterocycles. The molecule has 0 aliphatic carbocycles. The van der Waals surface area contributed by atoms with Crippen LogP contribution in [-0.4, -0.2) is 60.6 Å². The second-order valence-corrected chi connectivity index (χ2v) is 10.4. The van der Waals surface area contributed by atoms with E-state index in [9.17, 15) is 14.4 Å². The van der Waals surface area contributed by atoms with Gasteiger partial charge in [-0.3, -0.25) is 14.9 Å². The smallest absolute Gasteiger partial charge is 0.329 e. The number of carbonyl (C=O) groups is 3. The van der Waals surface area contributed by atoms with E-state index in [2.05, 4.69) is 27.9 Å². The summed E-state index contributed by atoms with van der Waals surface area (Å²) in [4.78, 5) is 40.3. The molecule has 0 fully saturated rings. The summed E-state index contributed by atoms with van der Waals surface area (Å²) >= 11 is 2.22. The molecule has 7 nitrogen and oxygen atoms in total. The maximum Gasteiger partial charge on any atom is 0.329 e. The Balaban J connectivity index is 2.27. The van der Waals surface area contributed by atoms with Crippen LogP contribution in [0.5, 0.6) is 0 Å². The summed E-state index contributed by atoms with van der Waals surface area (Å²) < 4.78 is 11.7. The van der Waals surface area contributed by atoms with Gasteiger partial charge in [0.05, 0.1) is 19.2 Å². The number of ether oxygens (including phenoxy) is 2. The van der Waals surface area contributed by atoms with E-state index in [1.165, 1.54) is 4.90 Å². The molecule has 0 aliphatic heterocycles. The third kappa shape index (κ3) is 9.60. The minimum atomic E-state index is -0.806. The molecule has 0 aliphatic rings. The number of esters is 2. The van der Waals surface area contributed by atoms with Gasteiger partial charge in [0.25, 0.3) is 0 Å². The van der Waals surface area contributed by atoms with E-state index in [1.807, 2.05) is 54.6 Å². The fourth-order valence-electron chi connectivity index (χ4n) is 3.57. The molecule has 2 rings (SSSR count). The van der Waals surface area contributed by atoms with E-state index >= 15 is 0 Å². The van der Waals surface area contributed by atoms with Crippen LogP contribution < -0.4 is 5.32 Å². The highest BCUT2D eigenvalue weighted by atomic mass is 127. The number of rotatable bonds is 11. The predicted octanol–water partition coefficient (Wildman–Crippen LogP) is 3.77. The monoisotopic (exact) mass is 594 g/mol. The first kappa shape index (κ1) is 28.8. The summed E-state index contributed by atoms with van der Waals surface area (Å²) in [6.45, 7) is 7.20. The third-order valence-electron chi connectivity index (χ3n) is 5.24. The molecule has 1 amide bonds. The largest absolute Gasteiger partial charge is 0.464 e. The molecule has 0 bridgehead atoms. The molecule has 2 aromatic carbocycles. The number of carbonyl (C=O) groups excluding carboxylic acids is 3. The van der Waals surface area contributed by atoms with Crippen molar-refractivity contribution in [3.05, 3.63) is 69.3 Å². The van der Waals surface area contributed by atoms with Crippen LogP contribution in [0, 0.1) is 3.57 Å². The maximum absolute atomic E-state index is 13.7. The van der Waals surface area contributed by atoms with Crippen LogP contribution in [0.1, 0.15) is 38.8 Å². The van der Waals surface area contributed by atoms with Gasteiger partial charge in [-0.05, 0) is 73.9 Å². The number of hydrogen-bond donors (Lipinski definition) is 1. The highest BCUT2D eigenvalue weighted by Gasteiger charge is 2.33. The predicted molar refractivity (Wildman–Crippen MR) is 144 cm³/mol. The van der Waals surface area contributed by atoms with E-state index in [4.69, 9.17) is 9.47 Å². The molecule has 0 saturated carbocycles. The Hall–Kier alpha value is -2.46. The van der Waals surface area contributed by atoms with Crippen molar-refractivity contribution in [2.24, 2.45) is 0 Å². The van der Waals surface area contributed by atoms with Crippen molar-refractivity contribution in [3.63, 3.8) is 0 Å². The van der Waals surface area contributed by atoms with E-state index in [0.717, 1.165) is 14.7 Å². The van der Waals surface area contributed by atoms with Crippen molar-refractivity contribution in [1.82, 2.24) is 10.2 Å². The van der Waals surface area contributed by atoms with Crippen molar-refractivity contribution < 1.29 is 23.9 Å². The van der Waals surface area contributed by atoms with Crippen LogP contribution in [0.3, 0.4) is 0 Å². The third-order valence-corrected chi connectivity index (χ3v) is 6.29. The second kappa shape index (κ2) is 13.6. The molecule has 35 heavy (non-hydrogen) atoms. The Morgan fingerprint density at radius 3 is 2.23 bits per heavy atom. The number of nitrogens with one attached hydrogen (secondary N) is 1. The average molecular weight is 594 g/mol. The highest BCUT2D eigenvalue weighted by Crippen LogP contribution is 2.18. The van der Waals surface area contributed by atoms with Gasteiger partial charge in [0.2, 0.25) is 5.91 Å². The minimum Gasteiger partial charge on any atom is -0.464 e. The van der Waals surface area contributed by atoms with Crippen LogP contribution in [0.15, 0.2) is 54.6 Å². The minimum absolute atomic E-state index is 0.130. The molecule has 0 aromatic heterocycles. The number of benzene rings is 2. The number of hydrogen-bond acceptors (Lipinski definition) is 6. The number of amides is 1. The van der Waals surface area contributed by atoms with Gasteiger partial charge in [0.15, 0.2) is 0 Å². The number of nitrogens with zero attached hydrogens (tertiary/aromatic N) is 1. The number of likely N-dealkylation sites (N-methyl/N-ethyl adjacent to an activating group) is 1. The molecule has 2 aromatic rings. The quantitative estimate of drug-likeness (QED) is 0.315. The molecule has 0 radical (unpaired) electrons. The van der Waals surface area contributed by atoms with Gasteiger partial charge in [0.1, 0.15) is 11.6 Å². The van der Waals surface area contributed by atoms with E-state index in [-0.39, 0.29) is 19.1 Å². The van der Waals surface area contributed by atoms with Crippen molar-refractivity contribution in [3.8, 4) is 0 Å². The average Bonchev–Trinajstić information content (AvgIpc) is 2.80. The normalized spacial score (nSPS) is 13.0. The van der Waals surface area contributed by atoms with Gasteiger partial charge in [-0.15, -0.1) is 0 Å². The van der Waals surface area contributed by atoms with Gasteiger partial charge >= 0.3 is 11.9 Å². The molecule has 0 spiro atoms. The SMILES string of the molecule is CCOC(=O)C(Cc1ccccc1I)N(C)C(=O)C(Cc1ccccc1)NCC(=O)OC(C)(C)C.